The van der Waals surface area contributed by atoms with Crippen molar-refractivity contribution in [3.8, 4) is 5.75 Å². The summed E-state index contributed by atoms with van der Waals surface area (Å²) in [4.78, 5) is 24.1. The topological polar surface area (TPSA) is 67.4 Å². The van der Waals surface area contributed by atoms with E-state index in [0.29, 0.717) is 6.61 Å². The quantitative estimate of drug-likeness (QED) is 0.905. The number of ether oxygens (including phenoxy) is 1. The molecule has 0 spiro atoms. The fraction of sp³-hybridized carbons (Fsp3) is 0.476. The lowest BCUT2D eigenvalue weighted by Gasteiger charge is -2.33. The van der Waals surface area contributed by atoms with Crippen molar-refractivity contribution in [1.82, 2.24) is 15.3 Å². The third kappa shape index (κ3) is 3.89. The van der Waals surface area contributed by atoms with Crippen molar-refractivity contribution in [3.05, 3.63) is 47.3 Å². The fourth-order valence-electron chi connectivity index (χ4n) is 3.97. The van der Waals surface area contributed by atoms with Crippen LogP contribution in [-0.4, -0.2) is 35.6 Å². The van der Waals surface area contributed by atoms with E-state index in [1.165, 1.54) is 0 Å². The zero-order valence-electron chi connectivity index (χ0n) is 15.9. The summed E-state index contributed by atoms with van der Waals surface area (Å²) in [5, 5.41) is 3.25. The van der Waals surface area contributed by atoms with Crippen molar-refractivity contribution in [2.75, 3.05) is 24.6 Å². The molecule has 3 heterocycles. The highest BCUT2D eigenvalue weighted by Crippen LogP contribution is 2.32. The summed E-state index contributed by atoms with van der Waals surface area (Å²) < 4.78 is 5.69. The smallest absolute Gasteiger partial charge is 0.225 e. The van der Waals surface area contributed by atoms with E-state index in [1.807, 2.05) is 44.2 Å². The molecule has 2 aliphatic rings. The van der Waals surface area contributed by atoms with Gasteiger partial charge in [-0.2, -0.15) is 0 Å². The molecule has 1 aromatic heterocycles. The molecule has 0 aliphatic carbocycles. The Morgan fingerprint density at radius 2 is 1.81 bits per heavy atom. The number of nitrogens with zero attached hydrogens (tertiary/aromatic N) is 3. The maximum atomic E-state index is 12.8. The highest BCUT2D eigenvalue weighted by Gasteiger charge is 2.29. The average molecular weight is 366 g/mol. The number of carbonyl (C=O) groups is 1. The van der Waals surface area contributed by atoms with Gasteiger partial charge in [0.2, 0.25) is 11.9 Å². The second-order valence-electron chi connectivity index (χ2n) is 7.45. The number of hydrogen-bond donors (Lipinski definition) is 1. The zero-order chi connectivity index (χ0) is 18.8. The SMILES string of the molecule is Cc1cc(C)nc(N2CCC(C(=O)NC3CCOc4ccccc43)CC2)n1. The van der Waals surface area contributed by atoms with Crippen LogP contribution in [-0.2, 0) is 4.79 Å². The molecule has 1 N–H and O–H groups in total. The normalized spacial score (nSPS) is 19.9. The Labute approximate surface area is 160 Å². The minimum atomic E-state index is 0.0437. The van der Waals surface area contributed by atoms with Crippen molar-refractivity contribution < 1.29 is 9.53 Å². The number of rotatable bonds is 3. The molecule has 4 rings (SSSR count). The minimum absolute atomic E-state index is 0.0437. The number of anilines is 1. The number of piperidine rings is 1. The number of para-hydroxylation sites is 1. The number of aromatic nitrogens is 2. The molecule has 142 valence electrons. The van der Waals surface area contributed by atoms with Gasteiger partial charge in [-0.15, -0.1) is 0 Å². The molecule has 0 radical (unpaired) electrons. The Balaban J connectivity index is 1.37. The molecular formula is C21H26N4O2. The first-order valence-corrected chi connectivity index (χ1v) is 9.69. The van der Waals surface area contributed by atoms with Gasteiger partial charge in [0.25, 0.3) is 0 Å². The minimum Gasteiger partial charge on any atom is -0.493 e. The first-order valence-electron chi connectivity index (χ1n) is 9.69. The van der Waals surface area contributed by atoms with Crippen LogP contribution in [0, 0.1) is 19.8 Å². The van der Waals surface area contributed by atoms with Crippen LogP contribution in [0.1, 0.15) is 42.3 Å². The van der Waals surface area contributed by atoms with Crippen LogP contribution in [0.15, 0.2) is 30.3 Å². The van der Waals surface area contributed by atoms with E-state index in [9.17, 15) is 4.79 Å². The number of aryl methyl sites for hydroxylation is 2. The Kier molecular flexibility index (Phi) is 4.97. The van der Waals surface area contributed by atoms with E-state index in [0.717, 1.165) is 61.0 Å². The van der Waals surface area contributed by atoms with Crippen LogP contribution in [0.4, 0.5) is 5.95 Å². The summed E-state index contributed by atoms with van der Waals surface area (Å²) in [5.74, 6) is 1.86. The standard InChI is InChI=1S/C21H26N4O2/c1-14-13-15(2)23-21(22-14)25-10-7-16(8-11-25)20(26)24-18-9-12-27-19-6-4-3-5-17(18)19/h3-6,13,16,18H,7-12H2,1-2H3,(H,24,26). The molecule has 1 atom stereocenters. The fourth-order valence-corrected chi connectivity index (χ4v) is 3.97. The molecule has 2 aromatic rings. The first-order chi connectivity index (χ1) is 13.1. The van der Waals surface area contributed by atoms with Gasteiger partial charge in [-0.1, -0.05) is 18.2 Å². The van der Waals surface area contributed by atoms with Gasteiger partial charge in [0.1, 0.15) is 5.75 Å². The van der Waals surface area contributed by atoms with Crippen LogP contribution in [0.3, 0.4) is 0 Å². The van der Waals surface area contributed by atoms with Gasteiger partial charge in [-0.25, -0.2) is 9.97 Å². The second kappa shape index (κ2) is 7.55. The number of benzene rings is 1. The maximum absolute atomic E-state index is 12.8. The number of nitrogens with one attached hydrogen (secondary N) is 1. The van der Waals surface area contributed by atoms with E-state index >= 15 is 0 Å². The summed E-state index contributed by atoms with van der Waals surface area (Å²) in [6, 6.07) is 10.00. The van der Waals surface area contributed by atoms with E-state index < -0.39 is 0 Å². The van der Waals surface area contributed by atoms with E-state index in [4.69, 9.17) is 4.74 Å². The lowest BCUT2D eigenvalue weighted by molar-refractivity contribution is -0.126. The van der Waals surface area contributed by atoms with Crippen LogP contribution in [0.25, 0.3) is 0 Å². The molecule has 1 fully saturated rings. The lowest BCUT2D eigenvalue weighted by Crippen LogP contribution is -2.42. The summed E-state index contributed by atoms with van der Waals surface area (Å²) in [7, 11) is 0. The van der Waals surface area contributed by atoms with E-state index in [-0.39, 0.29) is 17.9 Å². The summed E-state index contributed by atoms with van der Waals surface area (Å²) in [6.07, 6.45) is 2.47. The van der Waals surface area contributed by atoms with Gasteiger partial charge in [-0.3, -0.25) is 4.79 Å². The Hall–Kier alpha value is -2.63. The van der Waals surface area contributed by atoms with Crippen LogP contribution in [0.2, 0.25) is 0 Å². The molecule has 6 heteroatoms. The van der Waals surface area contributed by atoms with Crippen LogP contribution < -0.4 is 15.0 Å². The van der Waals surface area contributed by atoms with Crippen LogP contribution >= 0.6 is 0 Å². The van der Waals surface area contributed by atoms with Crippen molar-refractivity contribution in [2.24, 2.45) is 5.92 Å². The molecule has 1 unspecified atom stereocenters. The molecular weight excluding hydrogens is 340 g/mol. The number of fused-ring (bicyclic) bond motifs is 1. The summed E-state index contributed by atoms with van der Waals surface area (Å²) in [5.41, 5.74) is 3.05. The number of amides is 1. The molecule has 1 saturated heterocycles. The van der Waals surface area contributed by atoms with Gasteiger partial charge in [0, 0.05) is 42.4 Å². The van der Waals surface area contributed by atoms with Crippen molar-refractivity contribution >= 4 is 11.9 Å². The molecule has 6 nitrogen and oxygen atoms in total. The van der Waals surface area contributed by atoms with Crippen LogP contribution in [0.5, 0.6) is 5.75 Å². The van der Waals surface area contributed by atoms with Crippen molar-refractivity contribution in [2.45, 2.75) is 39.2 Å². The molecule has 0 saturated carbocycles. The Morgan fingerprint density at radius 3 is 2.56 bits per heavy atom. The van der Waals surface area contributed by atoms with Gasteiger partial charge in [0.15, 0.2) is 0 Å². The van der Waals surface area contributed by atoms with Gasteiger partial charge in [0.05, 0.1) is 12.6 Å². The van der Waals surface area contributed by atoms with E-state index in [1.54, 1.807) is 0 Å². The maximum Gasteiger partial charge on any atom is 0.225 e. The zero-order valence-corrected chi connectivity index (χ0v) is 15.9. The molecule has 27 heavy (non-hydrogen) atoms. The van der Waals surface area contributed by atoms with Crippen molar-refractivity contribution in [3.63, 3.8) is 0 Å². The molecule has 1 aromatic carbocycles. The first kappa shape index (κ1) is 17.8. The monoisotopic (exact) mass is 366 g/mol. The van der Waals surface area contributed by atoms with Gasteiger partial charge < -0.3 is 15.0 Å². The van der Waals surface area contributed by atoms with Gasteiger partial charge >= 0.3 is 0 Å². The van der Waals surface area contributed by atoms with E-state index in [2.05, 4.69) is 20.2 Å². The predicted octanol–water partition coefficient (Wildman–Crippen LogP) is 2.95. The highest BCUT2D eigenvalue weighted by molar-refractivity contribution is 5.79. The van der Waals surface area contributed by atoms with Gasteiger partial charge in [-0.05, 0) is 38.8 Å². The largest absolute Gasteiger partial charge is 0.493 e. The average Bonchev–Trinajstić information content (AvgIpc) is 2.68. The third-order valence-corrected chi connectivity index (χ3v) is 5.39. The highest BCUT2D eigenvalue weighted by atomic mass is 16.5. The lowest BCUT2D eigenvalue weighted by atomic mass is 9.94. The Bertz CT molecular complexity index is 810. The predicted molar refractivity (Wildman–Crippen MR) is 104 cm³/mol. The summed E-state index contributed by atoms with van der Waals surface area (Å²) >= 11 is 0. The molecule has 2 aliphatic heterocycles. The second-order valence-corrected chi connectivity index (χ2v) is 7.45. The number of carbonyl (C=O) groups excluding carboxylic acids is 1. The van der Waals surface area contributed by atoms with Crippen molar-refractivity contribution in [1.29, 1.82) is 0 Å². The Morgan fingerprint density at radius 1 is 1.11 bits per heavy atom. The third-order valence-electron chi connectivity index (χ3n) is 5.39. The molecule has 1 amide bonds. The summed E-state index contributed by atoms with van der Waals surface area (Å²) in [6.45, 7) is 6.25. The number of hydrogen-bond acceptors (Lipinski definition) is 5. The molecule has 0 bridgehead atoms.